The molecule has 0 saturated carbocycles. The molecule has 2 fully saturated rings. The van der Waals surface area contributed by atoms with Crippen molar-refractivity contribution in [3.8, 4) is 11.4 Å². The number of hydrogen-bond acceptors (Lipinski definition) is 4. The van der Waals surface area contributed by atoms with E-state index in [4.69, 9.17) is 4.74 Å². The van der Waals surface area contributed by atoms with Gasteiger partial charge < -0.3 is 19.5 Å². The molecule has 2 aliphatic rings. The molecule has 0 unspecified atom stereocenters. The smallest absolute Gasteiger partial charge is 0.251 e. The van der Waals surface area contributed by atoms with E-state index in [-0.39, 0.29) is 11.9 Å². The number of carbonyl (C=O) groups is 1. The van der Waals surface area contributed by atoms with Gasteiger partial charge in [-0.25, -0.2) is 4.98 Å². The molecule has 27 heavy (non-hydrogen) atoms. The number of nitrogens with zero attached hydrogens (tertiary/aromatic N) is 3. The van der Waals surface area contributed by atoms with Crippen molar-refractivity contribution in [3.63, 3.8) is 0 Å². The number of benzene rings is 1. The van der Waals surface area contributed by atoms with E-state index in [1.165, 1.54) is 12.8 Å². The number of aromatic nitrogens is 2. The van der Waals surface area contributed by atoms with Gasteiger partial charge in [0.05, 0.1) is 6.10 Å². The molecule has 1 N–H and O–H groups in total. The standard InChI is InChI=1S/C21H28N4O2/c1-24-13-10-22-20(24)16-4-6-17(7-5-16)21(26)23-18-8-11-25(12-9-18)15-19-3-2-14-27-19/h4-7,10,13,18-19H,2-3,8-9,11-12,14-15H2,1H3,(H,23,26)/t19-/m1/s1. The molecule has 1 amide bonds. The molecule has 1 aromatic carbocycles. The molecule has 2 aromatic rings. The molecule has 2 aliphatic heterocycles. The number of hydrogen-bond donors (Lipinski definition) is 1. The molecule has 0 bridgehead atoms. The Kier molecular flexibility index (Phi) is 5.55. The average molecular weight is 368 g/mol. The highest BCUT2D eigenvalue weighted by molar-refractivity contribution is 5.94. The lowest BCUT2D eigenvalue weighted by Gasteiger charge is -2.33. The van der Waals surface area contributed by atoms with Gasteiger partial charge >= 0.3 is 0 Å². The molecule has 6 nitrogen and oxygen atoms in total. The predicted molar refractivity (Wildman–Crippen MR) is 105 cm³/mol. The van der Waals surface area contributed by atoms with Crippen molar-refractivity contribution in [1.29, 1.82) is 0 Å². The topological polar surface area (TPSA) is 59.4 Å². The molecular formula is C21H28N4O2. The Hall–Kier alpha value is -2.18. The lowest BCUT2D eigenvalue weighted by molar-refractivity contribution is 0.0613. The van der Waals surface area contributed by atoms with Crippen LogP contribution in [0, 0.1) is 0 Å². The van der Waals surface area contributed by atoms with Crippen molar-refractivity contribution in [1.82, 2.24) is 19.8 Å². The van der Waals surface area contributed by atoms with E-state index >= 15 is 0 Å². The van der Waals surface area contributed by atoms with Crippen LogP contribution in [0.4, 0.5) is 0 Å². The summed E-state index contributed by atoms with van der Waals surface area (Å²) < 4.78 is 7.70. The van der Waals surface area contributed by atoms with Crippen LogP contribution in [0.5, 0.6) is 0 Å². The first-order chi connectivity index (χ1) is 13.2. The highest BCUT2D eigenvalue weighted by Gasteiger charge is 2.24. The van der Waals surface area contributed by atoms with E-state index in [1.807, 2.05) is 42.1 Å². The van der Waals surface area contributed by atoms with Gasteiger partial charge in [0.1, 0.15) is 5.82 Å². The van der Waals surface area contributed by atoms with Crippen LogP contribution in [0.3, 0.4) is 0 Å². The first-order valence-corrected chi connectivity index (χ1v) is 9.91. The molecule has 0 aliphatic carbocycles. The minimum absolute atomic E-state index is 0.0129. The third-order valence-electron chi connectivity index (χ3n) is 5.64. The molecule has 2 saturated heterocycles. The number of imidazole rings is 1. The van der Waals surface area contributed by atoms with Gasteiger partial charge in [0.25, 0.3) is 5.91 Å². The first kappa shape index (κ1) is 18.2. The summed E-state index contributed by atoms with van der Waals surface area (Å²) in [5, 5.41) is 3.20. The van der Waals surface area contributed by atoms with E-state index in [9.17, 15) is 4.79 Å². The van der Waals surface area contributed by atoms with Crippen LogP contribution < -0.4 is 5.32 Å². The third-order valence-corrected chi connectivity index (χ3v) is 5.64. The van der Waals surface area contributed by atoms with Crippen LogP contribution in [-0.2, 0) is 11.8 Å². The van der Waals surface area contributed by atoms with Gasteiger partial charge in [0.15, 0.2) is 0 Å². The molecular weight excluding hydrogens is 340 g/mol. The van der Waals surface area contributed by atoms with Gasteiger partial charge in [-0.2, -0.15) is 0 Å². The van der Waals surface area contributed by atoms with Crippen LogP contribution in [0.2, 0.25) is 0 Å². The van der Waals surface area contributed by atoms with Gasteiger partial charge in [-0.05, 0) is 37.8 Å². The Bertz CT molecular complexity index is 757. The molecule has 0 spiro atoms. The second-order valence-corrected chi connectivity index (χ2v) is 7.62. The molecule has 144 valence electrons. The highest BCUT2D eigenvalue weighted by atomic mass is 16.5. The maximum Gasteiger partial charge on any atom is 0.251 e. The Balaban J connectivity index is 1.27. The normalized spacial score (nSPS) is 21.4. The summed E-state index contributed by atoms with van der Waals surface area (Å²) in [6.07, 6.45) is 8.49. The number of nitrogens with one attached hydrogen (secondary N) is 1. The minimum atomic E-state index is 0.0129. The number of rotatable bonds is 5. The zero-order valence-electron chi connectivity index (χ0n) is 15.9. The van der Waals surface area contributed by atoms with Crippen LogP contribution in [0.1, 0.15) is 36.0 Å². The SMILES string of the molecule is Cn1ccnc1-c1ccc(C(=O)NC2CCN(C[C@H]3CCCO3)CC2)cc1. The Morgan fingerprint density at radius 3 is 2.63 bits per heavy atom. The third kappa shape index (κ3) is 4.39. The Morgan fingerprint density at radius 1 is 1.22 bits per heavy atom. The number of aryl methyl sites for hydroxylation is 1. The summed E-state index contributed by atoms with van der Waals surface area (Å²) in [7, 11) is 1.97. The van der Waals surface area contributed by atoms with Crippen molar-refractivity contribution < 1.29 is 9.53 Å². The molecule has 1 atom stereocenters. The summed E-state index contributed by atoms with van der Waals surface area (Å²) in [6.45, 7) is 4.01. The van der Waals surface area contributed by atoms with Crippen LogP contribution >= 0.6 is 0 Å². The molecule has 6 heteroatoms. The van der Waals surface area contributed by atoms with E-state index in [2.05, 4.69) is 15.2 Å². The summed E-state index contributed by atoms with van der Waals surface area (Å²) in [5.41, 5.74) is 1.72. The van der Waals surface area contributed by atoms with Crippen LogP contribution in [-0.4, -0.2) is 58.7 Å². The van der Waals surface area contributed by atoms with E-state index in [1.54, 1.807) is 6.20 Å². The van der Waals surface area contributed by atoms with Gasteiger partial charge in [-0.15, -0.1) is 0 Å². The molecule has 4 rings (SSSR count). The number of likely N-dealkylation sites (tertiary alicyclic amines) is 1. The Labute approximate surface area is 160 Å². The van der Waals surface area contributed by atoms with Crippen molar-refractivity contribution in [2.24, 2.45) is 7.05 Å². The maximum atomic E-state index is 12.6. The second kappa shape index (κ2) is 8.23. The van der Waals surface area contributed by atoms with E-state index < -0.39 is 0 Å². The van der Waals surface area contributed by atoms with Crippen molar-refractivity contribution in [2.45, 2.75) is 37.8 Å². The molecule has 3 heterocycles. The number of piperidine rings is 1. The van der Waals surface area contributed by atoms with Crippen molar-refractivity contribution >= 4 is 5.91 Å². The maximum absolute atomic E-state index is 12.6. The van der Waals surface area contributed by atoms with Gasteiger partial charge in [0.2, 0.25) is 0 Å². The Morgan fingerprint density at radius 2 is 2.00 bits per heavy atom. The van der Waals surface area contributed by atoms with Crippen LogP contribution in [0.25, 0.3) is 11.4 Å². The monoisotopic (exact) mass is 368 g/mol. The molecule has 1 aromatic heterocycles. The van der Waals surface area contributed by atoms with Crippen LogP contribution in [0.15, 0.2) is 36.7 Å². The fourth-order valence-electron chi connectivity index (χ4n) is 4.02. The second-order valence-electron chi connectivity index (χ2n) is 7.62. The number of carbonyl (C=O) groups excluding carboxylic acids is 1. The predicted octanol–water partition coefficient (Wildman–Crippen LogP) is 2.46. The summed E-state index contributed by atoms with van der Waals surface area (Å²) >= 11 is 0. The first-order valence-electron chi connectivity index (χ1n) is 9.91. The zero-order chi connectivity index (χ0) is 18.6. The summed E-state index contributed by atoms with van der Waals surface area (Å²) in [4.78, 5) is 19.4. The molecule has 0 radical (unpaired) electrons. The number of amides is 1. The average Bonchev–Trinajstić information content (AvgIpc) is 3.35. The minimum Gasteiger partial charge on any atom is -0.377 e. The zero-order valence-corrected chi connectivity index (χ0v) is 15.9. The van der Waals surface area contributed by atoms with Gasteiger partial charge in [0, 0.05) is 62.9 Å². The summed E-state index contributed by atoms with van der Waals surface area (Å²) in [6, 6.07) is 7.94. The summed E-state index contributed by atoms with van der Waals surface area (Å²) in [5.74, 6) is 0.916. The largest absolute Gasteiger partial charge is 0.377 e. The highest BCUT2D eigenvalue weighted by Crippen LogP contribution is 2.19. The fraction of sp³-hybridized carbons (Fsp3) is 0.524. The number of ether oxygens (including phenoxy) is 1. The van der Waals surface area contributed by atoms with Gasteiger partial charge in [-0.1, -0.05) is 12.1 Å². The quantitative estimate of drug-likeness (QED) is 0.881. The van der Waals surface area contributed by atoms with E-state index in [0.717, 1.165) is 50.5 Å². The lowest BCUT2D eigenvalue weighted by atomic mass is 10.0. The fourth-order valence-corrected chi connectivity index (χ4v) is 4.02. The van der Waals surface area contributed by atoms with Gasteiger partial charge in [-0.3, -0.25) is 4.79 Å². The lowest BCUT2D eigenvalue weighted by Crippen LogP contribution is -2.46. The van der Waals surface area contributed by atoms with E-state index in [0.29, 0.717) is 11.7 Å². The van der Waals surface area contributed by atoms with Crippen molar-refractivity contribution in [2.75, 3.05) is 26.2 Å². The van der Waals surface area contributed by atoms with Crippen molar-refractivity contribution in [3.05, 3.63) is 42.2 Å².